The second kappa shape index (κ2) is 7.05. The Kier molecular flexibility index (Phi) is 5.12. The van der Waals surface area contributed by atoms with Gasteiger partial charge in [-0.05, 0) is 24.1 Å². The number of rotatable bonds is 6. The third-order valence-electron chi connectivity index (χ3n) is 3.01. The van der Waals surface area contributed by atoms with Gasteiger partial charge >= 0.3 is 0 Å². The number of hydrogen-bond acceptors (Lipinski definition) is 4. The lowest BCUT2D eigenvalue weighted by Crippen LogP contribution is -2.22. The van der Waals surface area contributed by atoms with Crippen LogP contribution >= 0.6 is 11.3 Å². The molecule has 0 unspecified atom stereocenters. The van der Waals surface area contributed by atoms with Gasteiger partial charge in [0.1, 0.15) is 5.01 Å². The van der Waals surface area contributed by atoms with Crippen LogP contribution in [0.3, 0.4) is 0 Å². The molecule has 0 aliphatic heterocycles. The van der Waals surface area contributed by atoms with Crippen LogP contribution in [0.15, 0.2) is 35.8 Å². The highest BCUT2D eigenvalue weighted by molar-refractivity contribution is 7.09. The number of nitrogens with one attached hydrogen (secondary N) is 1. The van der Waals surface area contributed by atoms with Crippen LogP contribution in [0.4, 0.5) is 5.69 Å². The molecule has 5 heteroatoms. The second-order valence-corrected chi connectivity index (χ2v) is 5.74. The standard InChI is InChI=1S/C15H19N3OS/c1-18(2)13-6-3-12(4-7-13)5-8-14(19)17-11-15-16-9-10-20-15/h3-4,6-7,9-10H,5,8,11H2,1-2H3,(H,17,19). The third kappa shape index (κ3) is 4.35. The largest absolute Gasteiger partial charge is 0.378 e. The van der Waals surface area contributed by atoms with Crippen molar-refractivity contribution < 1.29 is 4.79 Å². The highest BCUT2D eigenvalue weighted by atomic mass is 32.1. The average Bonchev–Trinajstić information content (AvgIpc) is 2.96. The molecule has 2 rings (SSSR count). The summed E-state index contributed by atoms with van der Waals surface area (Å²) in [6.45, 7) is 0.524. The highest BCUT2D eigenvalue weighted by Gasteiger charge is 2.04. The molecule has 0 bridgehead atoms. The van der Waals surface area contributed by atoms with Crippen LogP contribution in [0.2, 0.25) is 0 Å². The van der Waals surface area contributed by atoms with E-state index in [4.69, 9.17) is 0 Å². The number of carbonyl (C=O) groups is 1. The summed E-state index contributed by atoms with van der Waals surface area (Å²) in [6, 6.07) is 8.29. The Hall–Kier alpha value is -1.88. The van der Waals surface area contributed by atoms with Gasteiger partial charge in [-0.2, -0.15) is 0 Å². The molecule has 0 spiro atoms. The number of hydrogen-bond donors (Lipinski definition) is 1. The van der Waals surface area contributed by atoms with Gasteiger partial charge in [0.2, 0.25) is 5.91 Å². The van der Waals surface area contributed by atoms with Crippen LogP contribution in [0.5, 0.6) is 0 Å². The minimum Gasteiger partial charge on any atom is -0.378 e. The maximum atomic E-state index is 11.7. The number of aromatic nitrogens is 1. The summed E-state index contributed by atoms with van der Waals surface area (Å²) in [6.07, 6.45) is 3.02. The number of thiazole rings is 1. The maximum Gasteiger partial charge on any atom is 0.220 e. The van der Waals surface area contributed by atoms with Gasteiger partial charge in [-0.1, -0.05) is 12.1 Å². The summed E-state index contributed by atoms with van der Waals surface area (Å²) in [5.41, 5.74) is 2.35. The van der Waals surface area contributed by atoms with Gasteiger partial charge in [0.25, 0.3) is 0 Å². The Morgan fingerprint density at radius 2 is 2.05 bits per heavy atom. The van der Waals surface area contributed by atoms with E-state index in [9.17, 15) is 4.79 Å². The predicted molar refractivity (Wildman–Crippen MR) is 83.1 cm³/mol. The first-order chi connectivity index (χ1) is 9.65. The molecule has 0 atom stereocenters. The summed E-state index contributed by atoms with van der Waals surface area (Å²) in [5, 5.41) is 5.73. The average molecular weight is 289 g/mol. The summed E-state index contributed by atoms with van der Waals surface area (Å²) in [4.78, 5) is 17.9. The molecule has 1 N–H and O–H groups in total. The Balaban J connectivity index is 1.75. The summed E-state index contributed by atoms with van der Waals surface area (Å²) < 4.78 is 0. The molecule has 1 aromatic carbocycles. The highest BCUT2D eigenvalue weighted by Crippen LogP contribution is 2.13. The van der Waals surface area contributed by atoms with Crippen molar-refractivity contribution in [3.63, 3.8) is 0 Å². The van der Waals surface area contributed by atoms with Gasteiger partial charge < -0.3 is 10.2 Å². The summed E-state index contributed by atoms with van der Waals surface area (Å²) in [5.74, 6) is 0.0666. The van der Waals surface area contributed by atoms with Crippen molar-refractivity contribution in [2.75, 3.05) is 19.0 Å². The number of nitrogens with zero attached hydrogens (tertiary/aromatic N) is 2. The van der Waals surface area contributed by atoms with Crippen LogP contribution in [0, 0.1) is 0 Å². The number of aryl methyl sites for hydroxylation is 1. The molecular weight excluding hydrogens is 270 g/mol. The zero-order valence-electron chi connectivity index (χ0n) is 11.8. The van der Waals surface area contributed by atoms with Crippen molar-refractivity contribution >= 4 is 22.9 Å². The van der Waals surface area contributed by atoms with Crippen molar-refractivity contribution in [2.45, 2.75) is 19.4 Å². The first kappa shape index (κ1) is 14.5. The van der Waals surface area contributed by atoms with Gasteiger partial charge in [-0.3, -0.25) is 4.79 Å². The molecule has 1 heterocycles. The van der Waals surface area contributed by atoms with Crippen molar-refractivity contribution in [3.05, 3.63) is 46.4 Å². The van der Waals surface area contributed by atoms with Gasteiger partial charge in [0.15, 0.2) is 0 Å². The third-order valence-corrected chi connectivity index (χ3v) is 3.79. The van der Waals surface area contributed by atoms with E-state index >= 15 is 0 Å². The van der Waals surface area contributed by atoms with Crippen molar-refractivity contribution in [2.24, 2.45) is 0 Å². The lowest BCUT2D eigenvalue weighted by Gasteiger charge is -2.12. The summed E-state index contributed by atoms with van der Waals surface area (Å²) >= 11 is 1.55. The van der Waals surface area contributed by atoms with E-state index in [2.05, 4.69) is 39.5 Å². The van der Waals surface area contributed by atoms with Gasteiger partial charge in [0, 0.05) is 37.8 Å². The minimum atomic E-state index is 0.0666. The first-order valence-electron chi connectivity index (χ1n) is 6.56. The smallest absolute Gasteiger partial charge is 0.220 e. The lowest BCUT2D eigenvalue weighted by molar-refractivity contribution is -0.121. The number of benzene rings is 1. The van der Waals surface area contributed by atoms with E-state index in [0.29, 0.717) is 13.0 Å². The van der Waals surface area contributed by atoms with E-state index < -0.39 is 0 Å². The Bertz CT molecular complexity index is 535. The van der Waals surface area contributed by atoms with E-state index in [0.717, 1.165) is 11.4 Å². The molecule has 1 aromatic heterocycles. The summed E-state index contributed by atoms with van der Waals surface area (Å²) in [7, 11) is 4.03. The van der Waals surface area contributed by atoms with Gasteiger partial charge in [-0.25, -0.2) is 4.98 Å². The zero-order valence-corrected chi connectivity index (χ0v) is 12.6. The van der Waals surface area contributed by atoms with E-state index in [-0.39, 0.29) is 5.91 Å². The van der Waals surface area contributed by atoms with Gasteiger partial charge in [-0.15, -0.1) is 11.3 Å². The first-order valence-corrected chi connectivity index (χ1v) is 7.44. The number of anilines is 1. The fraction of sp³-hybridized carbons (Fsp3) is 0.333. The molecule has 20 heavy (non-hydrogen) atoms. The molecule has 4 nitrogen and oxygen atoms in total. The fourth-order valence-corrected chi connectivity index (χ4v) is 2.38. The van der Waals surface area contributed by atoms with Crippen molar-refractivity contribution in [1.29, 1.82) is 0 Å². The predicted octanol–water partition coefficient (Wildman–Crippen LogP) is 2.46. The Labute approximate surface area is 123 Å². The van der Waals surface area contributed by atoms with Crippen molar-refractivity contribution in [1.82, 2.24) is 10.3 Å². The van der Waals surface area contributed by atoms with Crippen LogP contribution in [0.1, 0.15) is 17.0 Å². The molecule has 106 valence electrons. The van der Waals surface area contributed by atoms with Crippen molar-refractivity contribution in [3.8, 4) is 0 Å². The zero-order chi connectivity index (χ0) is 14.4. The molecule has 0 saturated heterocycles. The number of amides is 1. The van der Waals surface area contributed by atoms with E-state index in [1.165, 1.54) is 11.3 Å². The Morgan fingerprint density at radius 3 is 2.65 bits per heavy atom. The van der Waals surface area contributed by atoms with E-state index in [1.807, 2.05) is 19.5 Å². The minimum absolute atomic E-state index is 0.0666. The molecule has 0 fully saturated rings. The second-order valence-electron chi connectivity index (χ2n) is 4.76. The molecule has 0 radical (unpaired) electrons. The van der Waals surface area contributed by atoms with E-state index in [1.54, 1.807) is 17.5 Å². The molecule has 0 saturated carbocycles. The quantitative estimate of drug-likeness (QED) is 0.888. The molecule has 2 aromatic rings. The lowest BCUT2D eigenvalue weighted by atomic mass is 10.1. The monoisotopic (exact) mass is 289 g/mol. The Morgan fingerprint density at radius 1 is 1.30 bits per heavy atom. The van der Waals surface area contributed by atoms with Gasteiger partial charge in [0.05, 0.1) is 6.54 Å². The van der Waals surface area contributed by atoms with Crippen LogP contribution in [-0.2, 0) is 17.8 Å². The van der Waals surface area contributed by atoms with Crippen LogP contribution < -0.4 is 10.2 Å². The topological polar surface area (TPSA) is 45.2 Å². The fourth-order valence-electron chi connectivity index (χ4n) is 1.82. The number of carbonyl (C=O) groups excluding carboxylic acids is 1. The normalized spacial score (nSPS) is 10.3. The molecule has 1 amide bonds. The molecule has 0 aliphatic carbocycles. The van der Waals surface area contributed by atoms with Crippen LogP contribution in [0.25, 0.3) is 0 Å². The maximum absolute atomic E-state index is 11.7. The molecule has 0 aliphatic rings. The van der Waals surface area contributed by atoms with Crippen LogP contribution in [-0.4, -0.2) is 25.0 Å². The SMILES string of the molecule is CN(C)c1ccc(CCC(=O)NCc2nccs2)cc1. The molecular formula is C15H19N3OS.